The Balaban J connectivity index is 2.05. The highest BCUT2D eigenvalue weighted by Gasteiger charge is 2.33. The van der Waals surface area contributed by atoms with E-state index in [1.54, 1.807) is 6.92 Å². The van der Waals surface area contributed by atoms with Crippen LogP contribution >= 0.6 is 0 Å². The number of benzene rings is 1. The number of aromatic nitrogens is 2. The van der Waals surface area contributed by atoms with Crippen molar-refractivity contribution in [1.82, 2.24) is 9.97 Å². The molecule has 2 N–H and O–H groups in total. The second-order valence-corrected chi connectivity index (χ2v) is 4.31. The van der Waals surface area contributed by atoms with Crippen molar-refractivity contribution in [3.8, 4) is 6.01 Å². The molecule has 1 aromatic heterocycles. The van der Waals surface area contributed by atoms with Crippen LogP contribution in [-0.4, -0.2) is 22.6 Å². The molecule has 2 amide bonds. The maximum absolute atomic E-state index is 12.8. The van der Waals surface area contributed by atoms with Gasteiger partial charge in [0.2, 0.25) is 0 Å². The lowest BCUT2D eigenvalue weighted by molar-refractivity contribution is -0.136. The highest BCUT2D eigenvalue weighted by atomic mass is 19.4. The van der Waals surface area contributed by atoms with E-state index in [1.165, 1.54) is 24.5 Å². The van der Waals surface area contributed by atoms with Gasteiger partial charge in [0.15, 0.2) is 0 Å². The van der Waals surface area contributed by atoms with E-state index in [1.807, 2.05) is 0 Å². The molecule has 0 spiro atoms. The van der Waals surface area contributed by atoms with Crippen molar-refractivity contribution in [3.05, 3.63) is 42.2 Å². The minimum atomic E-state index is -4.56. The summed E-state index contributed by atoms with van der Waals surface area (Å²) in [5.41, 5.74) is -1.06. The van der Waals surface area contributed by atoms with Crippen molar-refractivity contribution in [2.24, 2.45) is 0 Å². The Bertz CT molecular complexity index is 674. The first kappa shape index (κ1) is 16.5. The van der Waals surface area contributed by atoms with Crippen LogP contribution in [0.25, 0.3) is 0 Å². The van der Waals surface area contributed by atoms with Gasteiger partial charge in [0.05, 0.1) is 35.9 Å². The third-order valence-electron chi connectivity index (χ3n) is 2.64. The monoisotopic (exact) mass is 326 g/mol. The number of hydrogen-bond acceptors (Lipinski definition) is 4. The summed E-state index contributed by atoms with van der Waals surface area (Å²) in [6.07, 6.45) is -1.99. The van der Waals surface area contributed by atoms with Crippen molar-refractivity contribution >= 4 is 17.4 Å². The van der Waals surface area contributed by atoms with Gasteiger partial charge in [-0.3, -0.25) is 0 Å². The van der Waals surface area contributed by atoms with Crippen molar-refractivity contribution in [2.45, 2.75) is 13.1 Å². The Morgan fingerprint density at radius 2 is 1.83 bits per heavy atom. The highest BCUT2D eigenvalue weighted by molar-refractivity contribution is 6.00. The van der Waals surface area contributed by atoms with Gasteiger partial charge in [-0.1, -0.05) is 12.1 Å². The number of anilines is 2. The summed E-state index contributed by atoms with van der Waals surface area (Å²) in [4.78, 5) is 19.5. The van der Waals surface area contributed by atoms with Crippen LogP contribution in [0.2, 0.25) is 0 Å². The van der Waals surface area contributed by atoms with Crippen LogP contribution in [0, 0.1) is 0 Å². The molecule has 9 heteroatoms. The topological polar surface area (TPSA) is 76.1 Å². The molecule has 1 aromatic carbocycles. The number of hydrogen-bond donors (Lipinski definition) is 2. The molecule has 2 rings (SSSR count). The maximum atomic E-state index is 12.8. The molecular formula is C14H13F3N4O2. The van der Waals surface area contributed by atoms with Crippen molar-refractivity contribution in [1.29, 1.82) is 0 Å². The smallest absolute Gasteiger partial charge is 0.418 e. The zero-order valence-corrected chi connectivity index (χ0v) is 12.0. The molecule has 6 nitrogen and oxygen atoms in total. The van der Waals surface area contributed by atoms with Crippen molar-refractivity contribution in [3.63, 3.8) is 0 Å². The molecule has 0 saturated heterocycles. The van der Waals surface area contributed by atoms with E-state index >= 15 is 0 Å². The minimum Gasteiger partial charge on any atom is -0.464 e. The molecule has 0 unspecified atom stereocenters. The van der Waals surface area contributed by atoms with Crippen molar-refractivity contribution in [2.75, 3.05) is 17.2 Å². The quantitative estimate of drug-likeness (QED) is 0.901. The van der Waals surface area contributed by atoms with Crippen LogP contribution in [0.3, 0.4) is 0 Å². The number of alkyl halides is 3. The van der Waals surface area contributed by atoms with Gasteiger partial charge in [0.25, 0.3) is 0 Å². The molecule has 0 fully saturated rings. The number of halogens is 3. The van der Waals surface area contributed by atoms with Gasteiger partial charge in [-0.05, 0) is 19.1 Å². The fourth-order valence-corrected chi connectivity index (χ4v) is 1.71. The Hall–Kier alpha value is -2.84. The van der Waals surface area contributed by atoms with Crippen LogP contribution in [0.1, 0.15) is 12.5 Å². The largest absolute Gasteiger partial charge is 0.464 e. The van der Waals surface area contributed by atoms with E-state index in [0.29, 0.717) is 6.61 Å². The van der Waals surface area contributed by atoms with E-state index in [0.717, 1.165) is 12.1 Å². The second kappa shape index (κ2) is 6.95. The Kier molecular flexibility index (Phi) is 4.99. The number of urea groups is 1. The average molecular weight is 326 g/mol. The first-order valence-electron chi connectivity index (χ1n) is 6.59. The number of rotatable bonds is 4. The molecule has 23 heavy (non-hydrogen) atoms. The van der Waals surface area contributed by atoms with Crippen LogP contribution < -0.4 is 15.4 Å². The molecule has 0 atom stereocenters. The lowest BCUT2D eigenvalue weighted by Gasteiger charge is -2.13. The van der Waals surface area contributed by atoms with Crippen LogP contribution in [0.5, 0.6) is 6.01 Å². The summed E-state index contributed by atoms with van der Waals surface area (Å²) in [5.74, 6) is 0. The van der Waals surface area contributed by atoms with Gasteiger partial charge >= 0.3 is 18.2 Å². The molecule has 0 radical (unpaired) electrons. The maximum Gasteiger partial charge on any atom is 0.418 e. The van der Waals surface area contributed by atoms with Gasteiger partial charge in [-0.2, -0.15) is 13.2 Å². The molecule has 0 bridgehead atoms. The Labute approximate surface area is 129 Å². The lowest BCUT2D eigenvalue weighted by Crippen LogP contribution is -2.22. The van der Waals surface area contributed by atoms with Crippen LogP contribution in [0.15, 0.2) is 36.7 Å². The first-order valence-corrected chi connectivity index (χ1v) is 6.59. The van der Waals surface area contributed by atoms with Gasteiger partial charge in [0.1, 0.15) is 0 Å². The second-order valence-electron chi connectivity index (χ2n) is 4.31. The predicted molar refractivity (Wildman–Crippen MR) is 77.3 cm³/mol. The molecule has 0 saturated carbocycles. The number of amides is 2. The average Bonchev–Trinajstić information content (AvgIpc) is 2.49. The normalized spacial score (nSPS) is 11.0. The fourth-order valence-electron chi connectivity index (χ4n) is 1.71. The van der Waals surface area contributed by atoms with Gasteiger partial charge < -0.3 is 15.4 Å². The minimum absolute atomic E-state index is 0.140. The van der Waals surface area contributed by atoms with Crippen LogP contribution in [0.4, 0.5) is 29.3 Å². The van der Waals surface area contributed by atoms with Gasteiger partial charge in [-0.25, -0.2) is 14.8 Å². The van der Waals surface area contributed by atoms with Gasteiger partial charge in [0, 0.05) is 0 Å². The summed E-state index contributed by atoms with van der Waals surface area (Å²) >= 11 is 0. The van der Waals surface area contributed by atoms with Crippen LogP contribution in [-0.2, 0) is 6.18 Å². The molecule has 1 heterocycles. The zero-order valence-electron chi connectivity index (χ0n) is 12.0. The molecule has 0 aliphatic heterocycles. The summed E-state index contributed by atoms with van der Waals surface area (Å²) in [6.45, 7) is 2.16. The van der Waals surface area contributed by atoms with E-state index in [9.17, 15) is 18.0 Å². The van der Waals surface area contributed by atoms with E-state index in [-0.39, 0.29) is 17.4 Å². The van der Waals surface area contributed by atoms with E-state index < -0.39 is 17.8 Å². The number of ether oxygens (including phenoxy) is 1. The number of nitrogens with zero attached hydrogens (tertiary/aromatic N) is 2. The fraction of sp³-hybridized carbons (Fsp3) is 0.214. The van der Waals surface area contributed by atoms with Crippen molar-refractivity contribution < 1.29 is 22.7 Å². The first-order chi connectivity index (χ1) is 10.9. The number of para-hydroxylation sites is 1. The van der Waals surface area contributed by atoms with Gasteiger partial charge in [-0.15, -0.1) is 0 Å². The standard InChI is InChI=1S/C14H13F3N4O2/c1-2-23-13-18-7-9(8-19-13)20-12(22)21-11-6-4-3-5-10(11)14(15,16)17/h3-8H,2H2,1H3,(H2,20,21,22). The predicted octanol–water partition coefficient (Wildman–Crippen LogP) is 3.54. The highest BCUT2D eigenvalue weighted by Crippen LogP contribution is 2.34. The summed E-state index contributed by atoms with van der Waals surface area (Å²) in [7, 11) is 0. The zero-order chi connectivity index (χ0) is 16.9. The lowest BCUT2D eigenvalue weighted by atomic mass is 10.1. The summed E-state index contributed by atoms with van der Waals surface area (Å²) < 4.78 is 43.6. The molecule has 2 aromatic rings. The molecular weight excluding hydrogens is 313 g/mol. The third kappa shape index (κ3) is 4.56. The van der Waals surface area contributed by atoms with E-state index in [4.69, 9.17) is 4.74 Å². The molecule has 122 valence electrons. The summed E-state index contributed by atoms with van der Waals surface area (Å²) in [5, 5.41) is 4.49. The SMILES string of the molecule is CCOc1ncc(NC(=O)Nc2ccccc2C(F)(F)F)cn1. The molecule has 0 aliphatic carbocycles. The Morgan fingerprint density at radius 3 is 2.43 bits per heavy atom. The number of carbonyl (C=O) groups excluding carboxylic acids is 1. The third-order valence-corrected chi connectivity index (χ3v) is 2.64. The molecule has 0 aliphatic rings. The van der Waals surface area contributed by atoms with E-state index in [2.05, 4.69) is 20.6 Å². The number of carbonyl (C=O) groups is 1. The Morgan fingerprint density at radius 1 is 1.17 bits per heavy atom. The number of nitrogens with one attached hydrogen (secondary N) is 2. The summed E-state index contributed by atoms with van der Waals surface area (Å²) in [6, 6.07) is 3.99.